The van der Waals surface area contributed by atoms with E-state index in [4.69, 9.17) is 16.3 Å². The Morgan fingerprint density at radius 3 is 2.62 bits per heavy atom. The average molecular weight is 419 g/mol. The summed E-state index contributed by atoms with van der Waals surface area (Å²) in [6.45, 7) is 0.574. The van der Waals surface area contributed by atoms with Gasteiger partial charge in [0.05, 0.1) is 15.9 Å². The second kappa shape index (κ2) is 9.33. The molecule has 1 saturated heterocycles. The summed E-state index contributed by atoms with van der Waals surface area (Å²) in [5, 5.41) is 14.2. The number of benzene rings is 1. The first kappa shape index (κ1) is 20.5. The zero-order valence-electron chi connectivity index (χ0n) is 15.4. The molecule has 3 rings (SSSR count). The molecule has 152 valence electrons. The molecule has 0 unspecified atom stereocenters. The average Bonchev–Trinajstić information content (AvgIpc) is 2.74. The van der Waals surface area contributed by atoms with Gasteiger partial charge in [-0.2, -0.15) is 0 Å². The molecule has 0 bridgehead atoms. The van der Waals surface area contributed by atoms with Crippen LogP contribution in [-0.2, 0) is 14.3 Å². The topological polar surface area (TPSA) is 115 Å². The summed E-state index contributed by atoms with van der Waals surface area (Å²) in [5.74, 6) is -0.986. The third-order valence-electron chi connectivity index (χ3n) is 4.59. The minimum Gasteiger partial charge on any atom is -0.455 e. The highest BCUT2D eigenvalue weighted by atomic mass is 35.5. The molecule has 29 heavy (non-hydrogen) atoms. The number of rotatable bonds is 6. The van der Waals surface area contributed by atoms with Gasteiger partial charge in [-0.3, -0.25) is 19.7 Å². The molecule has 9 nitrogen and oxygen atoms in total. The van der Waals surface area contributed by atoms with Crippen LogP contribution in [0.2, 0.25) is 5.02 Å². The van der Waals surface area contributed by atoms with Crippen LogP contribution >= 0.6 is 11.6 Å². The fourth-order valence-electron chi connectivity index (χ4n) is 3.13. The first-order valence-electron chi connectivity index (χ1n) is 9.00. The Bertz CT molecular complexity index is 898. The van der Waals surface area contributed by atoms with E-state index in [1.54, 1.807) is 30.3 Å². The van der Waals surface area contributed by atoms with Crippen molar-refractivity contribution in [3.8, 4) is 0 Å². The van der Waals surface area contributed by atoms with Crippen LogP contribution in [0.3, 0.4) is 0 Å². The largest absolute Gasteiger partial charge is 0.455 e. The number of pyridine rings is 1. The maximum Gasteiger partial charge on any atom is 0.309 e. The van der Waals surface area contributed by atoms with Gasteiger partial charge in [-0.15, -0.1) is 0 Å². The highest BCUT2D eigenvalue weighted by Crippen LogP contribution is 2.31. The lowest BCUT2D eigenvalue weighted by Gasteiger charge is -2.32. The van der Waals surface area contributed by atoms with Gasteiger partial charge < -0.3 is 15.0 Å². The van der Waals surface area contributed by atoms with Crippen LogP contribution in [0.5, 0.6) is 0 Å². The van der Waals surface area contributed by atoms with Gasteiger partial charge in [0.2, 0.25) is 0 Å². The molecule has 1 amide bonds. The van der Waals surface area contributed by atoms with E-state index in [0.717, 1.165) is 0 Å². The molecule has 0 saturated carbocycles. The van der Waals surface area contributed by atoms with E-state index in [9.17, 15) is 19.7 Å². The lowest BCUT2D eigenvalue weighted by Crippen LogP contribution is -2.37. The van der Waals surface area contributed by atoms with E-state index in [-0.39, 0.29) is 11.6 Å². The first-order chi connectivity index (χ1) is 13.9. The van der Waals surface area contributed by atoms with E-state index >= 15 is 0 Å². The van der Waals surface area contributed by atoms with Gasteiger partial charge in [-0.25, -0.2) is 4.98 Å². The lowest BCUT2D eigenvalue weighted by molar-refractivity contribution is -0.384. The third-order valence-corrected chi connectivity index (χ3v) is 4.81. The molecular weight excluding hydrogens is 400 g/mol. The quantitative estimate of drug-likeness (QED) is 0.435. The number of aromatic nitrogens is 1. The van der Waals surface area contributed by atoms with Crippen LogP contribution < -0.4 is 10.2 Å². The Morgan fingerprint density at radius 2 is 1.97 bits per heavy atom. The van der Waals surface area contributed by atoms with Gasteiger partial charge in [0.1, 0.15) is 11.5 Å². The van der Waals surface area contributed by atoms with Crippen LogP contribution in [0.4, 0.5) is 17.2 Å². The van der Waals surface area contributed by atoms with Gasteiger partial charge in [0, 0.05) is 25.4 Å². The number of nitro groups is 1. The summed E-state index contributed by atoms with van der Waals surface area (Å²) in [5.41, 5.74) is 0.583. The fraction of sp³-hybridized carbons (Fsp3) is 0.316. The van der Waals surface area contributed by atoms with Crippen molar-refractivity contribution in [1.82, 2.24) is 4.98 Å². The van der Waals surface area contributed by atoms with E-state index < -0.39 is 23.4 Å². The predicted molar refractivity (Wildman–Crippen MR) is 107 cm³/mol. The SMILES string of the molecule is O=C(COC(=O)C1CCN(c2ccccc2[N+](=O)[O-])CC1)Nc1ccc(Cl)cn1. The molecule has 0 atom stereocenters. The molecule has 2 heterocycles. The highest BCUT2D eigenvalue weighted by molar-refractivity contribution is 6.30. The normalized spacial score (nSPS) is 14.3. The number of amides is 1. The summed E-state index contributed by atoms with van der Waals surface area (Å²) in [6.07, 6.45) is 2.38. The summed E-state index contributed by atoms with van der Waals surface area (Å²) >= 11 is 5.73. The van der Waals surface area contributed by atoms with Crippen molar-refractivity contribution in [3.05, 3.63) is 57.7 Å². The minimum atomic E-state index is -0.495. The molecule has 2 aromatic rings. The lowest BCUT2D eigenvalue weighted by atomic mass is 9.96. The van der Waals surface area contributed by atoms with E-state index in [1.807, 2.05) is 4.90 Å². The third kappa shape index (κ3) is 5.41. The van der Waals surface area contributed by atoms with Crippen molar-refractivity contribution in [2.75, 3.05) is 29.9 Å². The number of carbonyl (C=O) groups is 2. The number of anilines is 2. The Kier molecular flexibility index (Phi) is 6.61. The van der Waals surface area contributed by atoms with Crippen molar-refractivity contribution < 1.29 is 19.2 Å². The Hall–Kier alpha value is -3.20. The number of ether oxygens (including phenoxy) is 1. The maximum absolute atomic E-state index is 12.3. The van der Waals surface area contributed by atoms with Gasteiger partial charge >= 0.3 is 5.97 Å². The van der Waals surface area contributed by atoms with Crippen molar-refractivity contribution in [1.29, 1.82) is 0 Å². The van der Waals surface area contributed by atoms with E-state index in [1.165, 1.54) is 12.3 Å². The van der Waals surface area contributed by atoms with Gasteiger partial charge in [0.25, 0.3) is 11.6 Å². The number of halogens is 1. The van der Waals surface area contributed by atoms with Crippen LogP contribution in [0, 0.1) is 16.0 Å². The van der Waals surface area contributed by atoms with E-state index in [0.29, 0.717) is 42.5 Å². The number of carbonyl (C=O) groups excluding carboxylic acids is 2. The fourth-order valence-corrected chi connectivity index (χ4v) is 3.24. The molecule has 0 radical (unpaired) electrons. The molecule has 1 aromatic carbocycles. The Morgan fingerprint density at radius 1 is 1.24 bits per heavy atom. The standard InChI is InChI=1S/C19H19ClN4O5/c20-14-5-6-17(21-11-14)22-18(25)12-29-19(26)13-7-9-23(10-8-13)15-3-1-2-4-16(15)24(27)28/h1-6,11,13H,7-10,12H2,(H,21,22,25). The molecule has 0 aliphatic carbocycles. The highest BCUT2D eigenvalue weighted by Gasteiger charge is 2.29. The minimum absolute atomic E-state index is 0.0426. The van der Waals surface area contributed by atoms with Crippen molar-refractivity contribution >= 4 is 40.7 Å². The van der Waals surface area contributed by atoms with Gasteiger partial charge in [-0.1, -0.05) is 23.7 Å². The summed E-state index contributed by atoms with van der Waals surface area (Å²) in [4.78, 5) is 40.7. The Labute approximate surface area is 171 Å². The second-order valence-electron chi connectivity index (χ2n) is 6.52. The van der Waals surface area contributed by atoms with Crippen molar-refractivity contribution in [2.24, 2.45) is 5.92 Å². The predicted octanol–water partition coefficient (Wildman–Crippen LogP) is 3.04. The van der Waals surface area contributed by atoms with Crippen LogP contribution in [0.15, 0.2) is 42.6 Å². The smallest absolute Gasteiger partial charge is 0.309 e. The zero-order valence-corrected chi connectivity index (χ0v) is 16.2. The molecular formula is C19H19ClN4O5. The first-order valence-corrected chi connectivity index (χ1v) is 9.38. The number of hydrogen-bond donors (Lipinski definition) is 1. The summed E-state index contributed by atoms with van der Waals surface area (Å²) < 4.78 is 5.11. The van der Waals surface area contributed by atoms with Crippen LogP contribution in [0.25, 0.3) is 0 Å². The number of para-hydroxylation sites is 2. The van der Waals surface area contributed by atoms with Gasteiger partial charge in [-0.05, 0) is 31.0 Å². The number of nitro benzene ring substituents is 1. The second-order valence-corrected chi connectivity index (χ2v) is 6.96. The van der Waals surface area contributed by atoms with Crippen molar-refractivity contribution in [2.45, 2.75) is 12.8 Å². The number of piperidine rings is 1. The van der Waals surface area contributed by atoms with Crippen LogP contribution in [0.1, 0.15) is 12.8 Å². The molecule has 10 heteroatoms. The zero-order chi connectivity index (χ0) is 20.8. The molecule has 1 aliphatic heterocycles. The van der Waals surface area contributed by atoms with Gasteiger partial charge in [0.15, 0.2) is 6.61 Å². The number of esters is 1. The molecule has 0 spiro atoms. The van der Waals surface area contributed by atoms with E-state index in [2.05, 4.69) is 10.3 Å². The summed E-state index contributed by atoms with van der Waals surface area (Å²) in [7, 11) is 0. The molecule has 1 aromatic heterocycles. The molecule has 1 aliphatic rings. The molecule has 1 fully saturated rings. The summed E-state index contributed by atoms with van der Waals surface area (Å²) in [6, 6.07) is 9.66. The monoisotopic (exact) mass is 418 g/mol. The number of nitrogens with one attached hydrogen (secondary N) is 1. The van der Waals surface area contributed by atoms with Crippen molar-refractivity contribution in [3.63, 3.8) is 0 Å². The van der Waals surface area contributed by atoms with Crippen LogP contribution in [-0.4, -0.2) is 41.5 Å². The molecule has 1 N–H and O–H groups in total. The number of nitrogens with zero attached hydrogens (tertiary/aromatic N) is 3. The maximum atomic E-state index is 12.3. The Balaban J connectivity index is 1.47. The number of hydrogen-bond acceptors (Lipinski definition) is 7.